The highest BCUT2D eigenvalue weighted by atomic mass is 16.5. The number of hydrogen-bond donors (Lipinski definition) is 1. The Morgan fingerprint density at radius 1 is 1.22 bits per heavy atom. The fourth-order valence-corrected chi connectivity index (χ4v) is 4.08. The summed E-state index contributed by atoms with van der Waals surface area (Å²) >= 11 is 0. The summed E-state index contributed by atoms with van der Waals surface area (Å²) in [5.74, 6) is 2.58. The van der Waals surface area contributed by atoms with Crippen molar-refractivity contribution in [3.63, 3.8) is 0 Å². The summed E-state index contributed by atoms with van der Waals surface area (Å²) in [6, 6.07) is 7.86. The van der Waals surface area contributed by atoms with Gasteiger partial charge in [0.1, 0.15) is 5.75 Å². The lowest BCUT2D eigenvalue weighted by atomic mass is 9.82. The molecule has 1 aromatic carbocycles. The molecule has 2 fully saturated rings. The lowest BCUT2D eigenvalue weighted by molar-refractivity contribution is 0.0125. The first-order valence-electron chi connectivity index (χ1n) is 8.85. The molecule has 4 nitrogen and oxygen atoms in total. The molecule has 2 aliphatic rings. The fraction of sp³-hybridized carbons (Fsp3) is 0.684. The summed E-state index contributed by atoms with van der Waals surface area (Å²) in [7, 11) is 1.66. The standard InChI is InChI=1S/C19H29NO3/c1-22-19-8-4-5-15(9-19)13-23-14-18(21)12-20-10-16-6-2-3-7-17(16)11-20/h4-5,8-9,16-18,21H,2-3,6-7,10-14H2,1H3. The van der Waals surface area contributed by atoms with E-state index in [2.05, 4.69) is 4.90 Å². The van der Waals surface area contributed by atoms with Crippen molar-refractivity contribution in [2.45, 2.75) is 38.4 Å². The number of benzene rings is 1. The third-order valence-electron chi connectivity index (χ3n) is 5.23. The van der Waals surface area contributed by atoms with Gasteiger partial charge in [-0.15, -0.1) is 0 Å². The molecule has 1 N–H and O–H groups in total. The predicted molar refractivity (Wildman–Crippen MR) is 90.5 cm³/mol. The molecule has 0 amide bonds. The molecule has 0 bridgehead atoms. The van der Waals surface area contributed by atoms with E-state index < -0.39 is 6.10 Å². The topological polar surface area (TPSA) is 41.9 Å². The molecule has 1 saturated carbocycles. The minimum Gasteiger partial charge on any atom is -0.497 e. The number of aliphatic hydroxyl groups is 1. The highest BCUT2D eigenvalue weighted by Gasteiger charge is 2.34. The minimum absolute atomic E-state index is 0.392. The van der Waals surface area contributed by atoms with Crippen LogP contribution in [0.2, 0.25) is 0 Å². The van der Waals surface area contributed by atoms with Crippen molar-refractivity contribution in [2.75, 3.05) is 33.4 Å². The van der Waals surface area contributed by atoms with Crippen LogP contribution in [0.1, 0.15) is 31.2 Å². The Morgan fingerprint density at radius 3 is 2.65 bits per heavy atom. The molecule has 3 atom stereocenters. The van der Waals surface area contributed by atoms with Crippen molar-refractivity contribution in [3.05, 3.63) is 29.8 Å². The maximum atomic E-state index is 10.2. The Balaban J connectivity index is 1.37. The van der Waals surface area contributed by atoms with Gasteiger partial charge in [-0.25, -0.2) is 0 Å². The van der Waals surface area contributed by atoms with Gasteiger partial charge in [-0.2, -0.15) is 0 Å². The van der Waals surface area contributed by atoms with Crippen molar-refractivity contribution in [3.8, 4) is 5.75 Å². The van der Waals surface area contributed by atoms with Crippen molar-refractivity contribution < 1.29 is 14.6 Å². The molecule has 1 aliphatic carbocycles. The van der Waals surface area contributed by atoms with Gasteiger partial charge in [0.25, 0.3) is 0 Å². The van der Waals surface area contributed by atoms with E-state index in [0.717, 1.165) is 42.8 Å². The molecule has 0 radical (unpaired) electrons. The summed E-state index contributed by atoms with van der Waals surface area (Å²) in [4.78, 5) is 2.43. The zero-order valence-electron chi connectivity index (χ0n) is 14.1. The van der Waals surface area contributed by atoms with Crippen LogP contribution in [0.4, 0.5) is 0 Å². The van der Waals surface area contributed by atoms with Gasteiger partial charge in [0.15, 0.2) is 0 Å². The van der Waals surface area contributed by atoms with E-state index in [1.54, 1.807) is 7.11 Å². The molecule has 1 aromatic rings. The molecule has 0 aromatic heterocycles. The molecule has 3 rings (SSSR count). The van der Waals surface area contributed by atoms with Crippen LogP contribution >= 0.6 is 0 Å². The van der Waals surface area contributed by atoms with Crippen molar-refractivity contribution in [1.82, 2.24) is 4.90 Å². The second-order valence-corrected chi connectivity index (χ2v) is 7.04. The number of rotatable bonds is 7. The maximum absolute atomic E-state index is 10.2. The Kier molecular flexibility index (Phi) is 5.92. The highest BCUT2D eigenvalue weighted by Crippen LogP contribution is 2.35. The normalized spacial score (nSPS) is 26.0. The van der Waals surface area contributed by atoms with Gasteiger partial charge in [-0.05, 0) is 42.4 Å². The number of fused-ring (bicyclic) bond motifs is 1. The van der Waals surface area contributed by atoms with Crippen molar-refractivity contribution >= 4 is 0 Å². The van der Waals surface area contributed by atoms with Crippen LogP contribution in [0, 0.1) is 11.8 Å². The van der Waals surface area contributed by atoms with Gasteiger partial charge < -0.3 is 19.5 Å². The molecule has 1 saturated heterocycles. The molecular weight excluding hydrogens is 290 g/mol. The quantitative estimate of drug-likeness (QED) is 0.839. The van der Waals surface area contributed by atoms with Gasteiger partial charge in [0.05, 0.1) is 26.4 Å². The number of methoxy groups -OCH3 is 1. The Labute approximate surface area is 139 Å². The second-order valence-electron chi connectivity index (χ2n) is 7.04. The van der Waals surface area contributed by atoms with Crippen LogP contribution in [-0.2, 0) is 11.3 Å². The predicted octanol–water partition coefficient (Wildman–Crippen LogP) is 2.69. The van der Waals surface area contributed by atoms with Gasteiger partial charge in [-0.1, -0.05) is 25.0 Å². The van der Waals surface area contributed by atoms with Gasteiger partial charge in [-0.3, -0.25) is 0 Å². The number of hydrogen-bond acceptors (Lipinski definition) is 4. The van der Waals surface area contributed by atoms with Crippen molar-refractivity contribution in [1.29, 1.82) is 0 Å². The summed E-state index contributed by atoms with van der Waals surface area (Å²) in [5.41, 5.74) is 1.07. The van der Waals surface area contributed by atoms with Crippen LogP contribution in [0.15, 0.2) is 24.3 Å². The van der Waals surface area contributed by atoms with Crippen LogP contribution in [0.25, 0.3) is 0 Å². The third kappa shape index (κ3) is 4.69. The molecule has 3 unspecified atom stereocenters. The van der Waals surface area contributed by atoms with E-state index in [0.29, 0.717) is 13.2 Å². The average molecular weight is 319 g/mol. The second kappa shape index (κ2) is 8.13. The number of likely N-dealkylation sites (tertiary alicyclic amines) is 1. The monoisotopic (exact) mass is 319 g/mol. The van der Waals surface area contributed by atoms with E-state index >= 15 is 0 Å². The molecule has 0 spiro atoms. The highest BCUT2D eigenvalue weighted by molar-refractivity contribution is 5.27. The smallest absolute Gasteiger partial charge is 0.119 e. The minimum atomic E-state index is -0.402. The first kappa shape index (κ1) is 16.7. The molecule has 128 valence electrons. The summed E-state index contributed by atoms with van der Waals surface area (Å²) in [6.45, 7) is 3.98. The largest absolute Gasteiger partial charge is 0.497 e. The lowest BCUT2D eigenvalue weighted by Crippen LogP contribution is -2.33. The zero-order chi connectivity index (χ0) is 16.1. The molecule has 4 heteroatoms. The van der Waals surface area contributed by atoms with E-state index in [4.69, 9.17) is 9.47 Å². The van der Waals surface area contributed by atoms with E-state index in [9.17, 15) is 5.11 Å². The lowest BCUT2D eigenvalue weighted by Gasteiger charge is -2.23. The first-order valence-corrected chi connectivity index (χ1v) is 8.85. The van der Waals surface area contributed by atoms with Gasteiger partial charge in [0.2, 0.25) is 0 Å². The number of nitrogens with zero attached hydrogens (tertiary/aromatic N) is 1. The summed E-state index contributed by atoms with van der Waals surface area (Å²) in [5, 5.41) is 10.2. The van der Waals surface area contributed by atoms with Gasteiger partial charge >= 0.3 is 0 Å². The number of β-amino-alcohol motifs (C(OH)–C–C–N with tert-alkyl or cyclic N) is 1. The summed E-state index contributed by atoms with van der Waals surface area (Å²) < 4.78 is 10.9. The SMILES string of the molecule is COc1cccc(COCC(O)CN2CC3CCCCC3C2)c1. The maximum Gasteiger partial charge on any atom is 0.119 e. The molecular formula is C19H29NO3. The van der Waals surface area contributed by atoms with Crippen LogP contribution in [0.5, 0.6) is 5.75 Å². The van der Waals surface area contributed by atoms with Crippen LogP contribution in [-0.4, -0.2) is 49.5 Å². The fourth-order valence-electron chi connectivity index (χ4n) is 4.08. The third-order valence-corrected chi connectivity index (χ3v) is 5.23. The molecule has 23 heavy (non-hydrogen) atoms. The zero-order valence-corrected chi connectivity index (χ0v) is 14.1. The number of ether oxygens (including phenoxy) is 2. The molecule has 1 heterocycles. The van der Waals surface area contributed by atoms with E-state index in [1.807, 2.05) is 24.3 Å². The first-order chi connectivity index (χ1) is 11.2. The van der Waals surface area contributed by atoms with Crippen molar-refractivity contribution in [2.24, 2.45) is 11.8 Å². The Bertz CT molecular complexity index is 479. The van der Waals surface area contributed by atoms with Gasteiger partial charge in [0, 0.05) is 19.6 Å². The molecule has 1 aliphatic heterocycles. The number of aliphatic hydroxyl groups excluding tert-OH is 1. The Morgan fingerprint density at radius 2 is 1.96 bits per heavy atom. The van der Waals surface area contributed by atoms with E-state index in [-0.39, 0.29) is 0 Å². The van der Waals surface area contributed by atoms with Crippen LogP contribution < -0.4 is 4.74 Å². The average Bonchev–Trinajstić information content (AvgIpc) is 2.97. The summed E-state index contributed by atoms with van der Waals surface area (Å²) in [6.07, 6.45) is 5.14. The Hall–Kier alpha value is -1.10. The van der Waals surface area contributed by atoms with Crippen LogP contribution in [0.3, 0.4) is 0 Å². The van der Waals surface area contributed by atoms with E-state index in [1.165, 1.54) is 25.7 Å².